The fourth-order valence-electron chi connectivity index (χ4n) is 2.25. The maximum absolute atomic E-state index is 10.6. The Hall–Kier alpha value is -1.59. The highest BCUT2D eigenvalue weighted by Crippen LogP contribution is 2.35. The minimum Gasteiger partial charge on any atom is -0.494 e. The highest BCUT2D eigenvalue weighted by molar-refractivity contribution is 5.68. The molecule has 2 rings (SSSR count). The Bertz CT molecular complexity index is 447. The number of aliphatic carboxylic acids is 1. The molecule has 2 atom stereocenters. The summed E-state index contributed by atoms with van der Waals surface area (Å²) >= 11 is 0. The Balaban J connectivity index is 2.19. The van der Waals surface area contributed by atoms with Crippen LogP contribution in [0.5, 0.6) is 5.75 Å². The summed E-state index contributed by atoms with van der Waals surface area (Å²) in [5, 5.41) is 8.66. The Morgan fingerprint density at radius 2 is 2.33 bits per heavy atom. The maximum Gasteiger partial charge on any atom is 0.329 e. The van der Waals surface area contributed by atoms with E-state index < -0.39 is 5.97 Å². The van der Waals surface area contributed by atoms with Gasteiger partial charge in [-0.1, -0.05) is 6.07 Å². The Kier molecular flexibility index (Phi) is 3.84. The van der Waals surface area contributed by atoms with Crippen LogP contribution < -0.4 is 10.5 Å². The average molecular weight is 251 g/mol. The van der Waals surface area contributed by atoms with Crippen LogP contribution >= 0.6 is 0 Å². The number of rotatable bonds is 5. The average Bonchev–Trinajstić information content (AvgIpc) is 2.62. The Morgan fingerprint density at radius 1 is 1.56 bits per heavy atom. The number of carboxylic acids is 1. The number of ether oxygens (including phenoxy) is 2. The highest BCUT2D eigenvalue weighted by atomic mass is 16.5. The molecular weight excluding hydrogens is 234 g/mol. The molecule has 2 unspecified atom stereocenters. The third-order valence-corrected chi connectivity index (χ3v) is 2.97. The molecule has 18 heavy (non-hydrogen) atoms. The zero-order valence-corrected chi connectivity index (χ0v) is 10.3. The normalized spacial score (nSPS) is 21.7. The lowest BCUT2D eigenvalue weighted by Crippen LogP contribution is -2.28. The molecule has 5 nitrogen and oxygen atoms in total. The summed E-state index contributed by atoms with van der Waals surface area (Å²) < 4.78 is 10.8. The van der Waals surface area contributed by atoms with Crippen molar-refractivity contribution in [2.45, 2.75) is 25.5 Å². The molecule has 0 heterocycles. The lowest BCUT2D eigenvalue weighted by molar-refractivity contribution is -0.144. The van der Waals surface area contributed by atoms with E-state index in [-0.39, 0.29) is 18.8 Å². The molecule has 1 aliphatic carbocycles. The zero-order valence-electron chi connectivity index (χ0n) is 10.3. The smallest absolute Gasteiger partial charge is 0.329 e. The van der Waals surface area contributed by atoms with E-state index in [1.165, 1.54) is 0 Å². The quantitative estimate of drug-likeness (QED) is 0.819. The van der Waals surface area contributed by atoms with Crippen molar-refractivity contribution < 1.29 is 19.4 Å². The van der Waals surface area contributed by atoms with Crippen molar-refractivity contribution in [3.63, 3.8) is 0 Å². The second kappa shape index (κ2) is 5.37. The summed E-state index contributed by atoms with van der Waals surface area (Å²) in [5.74, 6) is -0.231. The van der Waals surface area contributed by atoms with Gasteiger partial charge in [-0.15, -0.1) is 0 Å². The predicted molar refractivity (Wildman–Crippen MR) is 65.6 cm³/mol. The van der Waals surface area contributed by atoms with Crippen molar-refractivity contribution in [3.05, 3.63) is 29.3 Å². The van der Waals surface area contributed by atoms with Gasteiger partial charge in [0, 0.05) is 6.04 Å². The number of hydrogen-bond acceptors (Lipinski definition) is 4. The molecular formula is C13H17NO4. The summed E-state index contributed by atoms with van der Waals surface area (Å²) in [5.41, 5.74) is 8.02. The van der Waals surface area contributed by atoms with Crippen LogP contribution in [0.3, 0.4) is 0 Å². The molecule has 0 aliphatic heterocycles. The summed E-state index contributed by atoms with van der Waals surface area (Å²) in [6, 6.07) is 5.55. The molecule has 3 N–H and O–H groups in total. The van der Waals surface area contributed by atoms with Crippen LogP contribution in [-0.2, 0) is 16.0 Å². The first-order chi connectivity index (χ1) is 8.61. The van der Waals surface area contributed by atoms with Gasteiger partial charge < -0.3 is 20.3 Å². The van der Waals surface area contributed by atoms with E-state index in [1.54, 1.807) is 0 Å². The van der Waals surface area contributed by atoms with Gasteiger partial charge in [0.2, 0.25) is 0 Å². The molecule has 5 heteroatoms. The molecule has 0 saturated carbocycles. The van der Waals surface area contributed by atoms with E-state index in [0.29, 0.717) is 13.0 Å². The second-order valence-corrected chi connectivity index (χ2v) is 4.29. The van der Waals surface area contributed by atoms with E-state index in [4.69, 9.17) is 20.3 Å². The molecule has 98 valence electrons. The zero-order chi connectivity index (χ0) is 13.1. The van der Waals surface area contributed by atoms with Gasteiger partial charge in [0.1, 0.15) is 12.4 Å². The summed E-state index contributed by atoms with van der Waals surface area (Å²) in [7, 11) is 0. The summed E-state index contributed by atoms with van der Waals surface area (Å²) in [6.07, 6.45) is 0.336. The van der Waals surface area contributed by atoms with Crippen molar-refractivity contribution in [1.82, 2.24) is 0 Å². The van der Waals surface area contributed by atoms with Crippen molar-refractivity contribution in [2.75, 3.05) is 13.2 Å². The lowest BCUT2D eigenvalue weighted by Gasteiger charge is -2.16. The number of hydrogen-bond donors (Lipinski definition) is 2. The number of benzene rings is 1. The largest absolute Gasteiger partial charge is 0.494 e. The monoisotopic (exact) mass is 251 g/mol. The van der Waals surface area contributed by atoms with Gasteiger partial charge >= 0.3 is 5.97 Å². The second-order valence-electron chi connectivity index (χ2n) is 4.29. The Morgan fingerprint density at radius 3 is 3.00 bits per heavy atom. The number of carboxylic acid groups (broad SMARTS) is 1. The van der Waals surface area contributed by atoms with Crippen molar-refractivity contribution in [2.24, 2.45) is 5.73 Å². The van der Waals surface area contributed by atoms with Crippen LogP contribution in [0.25, 0.3) is 0 Å². The molecule has 0 bridgehead atoms. The van der Waals surface area contributed by atoms with Gasteiger partial charge in [0.15, 0.2) is 0 Å². The van der Waals surface area contributed by atoms with Crippen molar-refractivity contribution in [1.29, 1.82) is 0 Å². The van der Waals surface area contributed by atoms with Gasteiger partial charge in [-0.25, -0.2) is 4.79 Å². The van der Waals surface area contributed by atoms with Crippen LogP contribution in [-0.4, -0.2) is 30.3 Å². The van der Waals surface area contributed by atoms with Crippen LogP contribution in [0.2, 0.25) is 0 Å². The van der Waals surface area contributed by atoms with Crippen LogP contribution in [0.1, 0.15) is 24.2 Å². The molecule has 1 aromatic carbocycles. The van der Waals surface area contributed by atoms with Crippen LogP contribution in [0.15, 0.2) is 18.2 Å². The SMILES string of the molecule is CCOc1ccc2c(c1)C(OCC(=O)O)C(N)C2. The van der Waals surface area contributed by atoms with Gasteiger partial charge in [-0.3, -0.25) is 0 Å². The standard InChI is InChI=1S/C13H17NO4/c1-2-17-9-4-3-8-5-11(14)13(10(8)6-9)18-7-12(15)16/h3-4,6,11,13H,2,5,7,14H2,1H3,(H,15,16). The lowest BCUT2D eigenvalue weighted by atomic mass is 10.1. The van der Waals surface area contributed by atoms with Gasteiger partial charge in [-0.05, 0) is 36.6 Å². The Labute approximate surface area is 106 Å². The van der Waals surface area contributed by atoms with Crippen LogP contribution in [0.4, 0.5) is 0 Å². The molecule has 1 aliphatic rings. The van der Waals surface area contributed by atoms with E-state index in [9.17, 15) is 4.79 Å². The third kappa shape index (κ3) is 2.63. The van der Waals surface area contributed by atoms with Gasteiger partial charge in [-0.2, -0.15) is 0 Å². The minimum atomic E-state index is -0.989. The summed E-state index contributed by atoms with van der Waals surface area (Å²) in [4.78, 5) is 10.6. The van der Waals surface area contributed by atoms with E-state index >= 15 is 0 Å². The molecule has 0 saturated heterocycles. The number of fused-ring (bicyclic) bond motifs is 1. The first kappa shape index (κ1) is 12.9. The molecule has 0 radical (unpaired) electrons. The topological polar surface area (TPSA) is 81.8 Å². The molecule has 0 fully saturated rings. The maximum atomic E-state index is 10.6. The van der Waals surface area contributed by atoms with E-state index in [1.807, 2.05) is 25.1 Å². The molecule has 1 aromatic rings. The number of nitrogens with two attached hydrogens (primary N) is 1. The van der Waals surface area contributed by atoms with Crippen LogP contribution in [0, 0.1) is 0 Å². The highest BCUT2D eigenvalue weighted by Gasteiger charge is 2.31. The van der Waals surface area contributed by atoms with Gasteiger partial charge in [0.05, 0.1) is 12.7 Å². The third-order valence-electron chi connectivity index (χ3n) is 2.97. The van der Waals surface area contributed by atoms with E-state index in [2.05, 4.69) is 0 Å². The molecule has 0 aromatic heterocycles. The fourth-order valence-corrected chi connectivity index (χ4v) is 2.25. The van der Waals surface area contributed by atoms with Crippen molar-refractivity contribution >= 4 is 5.97 Å². The van der Waals surface area contributed by atoms with Crippen molar-refractivity contribution in [3.8, 4) is 5.75 Å². The fraction of sp³-hybridized carbons (Fsp3) is 0.462. The predicted octanol–water partition coefficient (Wildman–Crippen LogP) is 1.11. The molecule has 0 spiro atoms. The first-order valence-electron chi connectivity index (χ1n) is 5.96. The van der Waals surface area contributed by atoms with Gasteiger partial charge in [0.25, 0.3) is 0 Å². The number of carbonyl (C=O) groups is 1. The summed E-state index contributed by atoms with van der Waals surface area (Å²) in [6.45, 7) is 2.17. The molecule has 0 amide bonds. The minimum absolute atomic E-state index is 0.198. The van der Waals surface area contributed by atoms with E-state index in [0.717, 1.165) is 16.9 Å². The first-order valence-corrected chi connectivity index (χ1v) is 5.96.